The van der Waals surface area contributed by atoms with E-state index in [1.807, 2.05) is 6.07 Å². The van der Waals surface area contributed by atoms with Crippen LogP contribution in [0.1, 0.15) is 40.0 Å². The van der Waals surface area contributed by atoms with Crippen molar-refractivity contribution in [3.8, 4) is 0 Å². The smallest absolute Gasteiger partial charge is 0.408 e. The molecule has 1 aromatic carbocycles. The van der Waals surface area contributed by atoms with Gasteiger partial charge in [-0.05, 0) is 64.6 Å². The molecule has 0 saturated heterocycles. The lowest BCUT2D eigenvalue weighted by Crippen LogP contribution is -2.49. The number of rotatable bonds is 6. The first-order valence-corrected chi connectivity index (χ1v) is 9.79. The Morgan fingerprint density at radius 1 is 1.31 bits per heavy atom. The molecule has 1 heterocycles. The Balaban J connectivity index is 1.82. The lowest BCUT2D eigenvalue weighted by Gasteiger charge is -2.24. The van der Waals surface area contributed by atoms with Gasteiger partial charge in [-0.15, -0.1) is 0 Å². The van der Waals surface area contributed by atoms with Crippen LogP contribution in [0.4, 0.5) is 10.5 Å². The Kier molecular flexibility index (Phi) is 5.66. The van der Waals surface area contributed by atoms with Crippen molar-refractivity contribution in [1.82, 2.24) is 10.3 Å². The number of amides is 2. The lowest BCUT2D eigenvalue weighted by molar-refractivity contribution is -0.119. The number of ether oxygens (including phenoxy) is 1. The summed E-state index contributed by atoms with van der Waals surface area (Å²) >= 11 is 0. The van der Waals surface area contributed by atoms with Gasteiger partial charge in [0, 0.05) is 17.1 Å². The van der Waals surface area contributed by atoms with Gasteiger partial charge in [0.2, 0.25) is 5.43 Å². The van der Waals surface area contributed by atoms with Crippen LogP contribution >= 0.6 is 0 Å². The fraction of sp³-hybridized carbons (Fsp3) is 0.476. The number of hydrogen-bond acceptors (Lipinski definition) is 5. The van der Waals surface area contributed by atoms with E-state index >= 15 is 0 Å². The van der Waals surface area contributed by atoms with E-state index in [0.29, 0.717) is 30.3 Å². The number of para-hydroxylation sites is 1. The molecule has 0 aliphatic heterocycles. The topological polar surface area (TPSA) is 126 Å². The fourth-order valence-electron chi connectivity index (χ4n) is 3.51. The van der Waals surface area contributed by atoms with Gasteiger partial charge in [0.25, 0.3) is 5.91 Å². The van der Waals surface area contributed by atoms with Crippen LogP contribution in [0.3, 0.4) is 0 Å². The molecule has 2 amide bonds. The molecule has 1 aromatic heterocycles. The van der Waals surface area contributed by atoms with Gasteiger partial charge in [0.15, 0.2) is 0 Å². The molecule has 1 aliphatic carbocycles. The summed E-state index contributed by atoms with van der Waals surface area (Å²) in [6.45, 7) is 5.78. The zero-order valence-corrected chi connectivity index (χ0v) is 17.0. The fourth-order valence-corrected chi connectivity index (χ4v) is 3.51. The number of fused-ring (bicyclic) bond motifs is 1. The predicted molar refractivity (Wildman–Crippen MR) is 112 cm³/mol. The highest BCUT2D eigenvalue weighted by Gasteiger charge is 2.61. The van der Waals surface area contributed by atoms with Gasteiger partial charge < -0.3 is 26.1 Å². The SMILES string of the molecule is CC(C)(C)OC(=O)NC1(C(=O)Nc2c[nH]c3ccccc3c2=O)CC1CCCN. The molecular formula is C21H28N4O4. The summed E-state index contributed by atoms with van der Waals surface area (Å²) in [7, 11) is 0. The molecule has 8 heteroatoms. The monoisotopic (exact) mass is 400 g/mol. The first kappa shape index (κ1) is 20.9. The number of H-pyrrole nitrogens is 1. The van der Waals surface area contributed by atoms with Crippen molar-refractivity contribution in [2.24, 2.45) is 11.7 Å². The molecule has 1 aliphatic rings. The Bertz CT molecular complexity index is 979. The molecule has 1 fully saturated rings. The van der Waals surface area contributed by atoms with Crippen molar-refractivity contribution in [2.75, 3.05) is 11.9 Å². The molecule has 2 aromatic rings. The van der Waals surface area contributed by atoms with E-state index in [4.69, 9.17) is 10.5 Å². The van der Waals surface area contributed by atoms with Gasteiger partial charge in [-0.1, -0.05) is 12.1 Å². The number of aromatic nitrogens is 1. The van der Waals surface area contributed by atoms with Gasteiger partial charge in [-0.2, -0.15) is 0 Å². The molecule has 5 N–H and O–H groups in total. The number of benzene rings is 1. The van der Waals surface area contributed by atoms with Crippen LogP contribution in [-0.4, -0.2) is 34.7 Å². The van der Waals surface area contributed by atoms with Gasteiger partial charge in [0.05, 0.1) is 0 Å². The standard InChI is InChI=1S/C21H28N4O4/c1-20(2,3)29-19(28)25-21(11-13(21)7-6-10-22)18(27)24-16-12-23-15-9-5-4-8-14(15)17(16)26/h4-5,8-9,12-13H,6-7,10-11,22H2,1-3H3,(H,23,26)(H,24,27)(H,25,28). The Morgan fingerprint density at radius 3 is 2.72 bits per heavy atom. The van der Waals surface area contributed by atoms with E-state index in [0.717, 1.165) is 6.42 Å². The van der Waals surface area contributed by atoms with Crippen LogP contribution in [0.25, 0.3) is 10.9 Å². The molecule has 8 nitrogen and oxygen atoms in total. The maximum Gasteiger partial charge on any atom is 0.408 e. The number of carbonyl (C=O) groups is 2. The van der Waals surface area contributed by atoms with Crippen LogP contribution in [0, 0.1) is 5.92 Å². The van der Waals surface area contributed by atoms with Crippen LogP contribution in [0.2, 0.25) is 0 Å². The molecule has 3 rings (SSSR count). The minimum absolute atomic E-state index is 0.0573. The Labute approximate surface area is 169 Å². The first-order chi connectivity index (χ1) is 13.7. The van der Waals surface area contributed by atoms with Crippen LogP contribution in [0.15, 0.2) is 35.3 Å². The molecule has 0 bridgehead atoms. The summed E-state index contributed by atoms with van der Waals surface area (Å²) in [5.41, 5.74) is 4.36. The highest BCUT2D eigenvalue weighted by atomic mass is 16.6. The number of aromatic amines is 1. The molecule has 0 spiro atoms. The molecule has 0 radical (unpaired) electrons. The lowest BCUT2D eigenvalue weighted by atomic mass is 10.1. The van der Waals surface area contributed by atoms with E-state index in [-0.39, 0.29) is 17.0 Å². The normalized spacial score (nSPS) is 20.9. The van der Waals surface area contributed by atoms with Crippen molar-refractivity contribution >= 4 is 28.6 Å². The number of nitrogens with one attached hydrogen (secondary N) is 3. The van der Waals surface area contributed by atoms with E-state index < -0.39 is 23.1 Å². The second-order valence-corrected chi connectivity index (χ2v) is 8.46. The third-order valence-corrected chi connectivity index (χ3v) is 5.03. The van der Waals surface area contributed by atoms with Gasteiger partial charge in [-0.3, -0.25) is 9.59 Å². The number of nitrogens with two attached hydrogens (primary N) is 1. The van der Waals surface area contributed by atoms with Crippen molar-refractivity contribution < 1.29 is 14.3 Å². The predicted octanol–water partition coefficient (Wildman–Crippen LogP) is 2.49. The zero-order chi connectivity index (χ0) is 21.2. The quantitative estimate of drug-likeness (QED) is 0.593. The Hall–Kier alpha value is -2.87. The highest BCUT2D eigenvalue weighted by molar-refractivity contribution is 6.03. The maximum absolute atomic E-state index is 13.1. The summed E-state index contributed by atoms with van der Waals surface area (Å²) in [6, 6.07) is 7.07. The molecular weight excluding hydrogens is 372 g/mol. The average molecular weight is 400 g/mol. The molecule has 1 saturated carbocycles. The molecule has 2 atom stereocenters. The Morgan fingerprint density at radius 2 is 2.03 bits per heavy atom. The van der Waals surface area contributed by atoms with Crippen molar-refractivity contribution in [1.29, 1.82) is 0 Å². The van der Waals surface area contributed by atoms with Crippen LogP contribution < -0.4 is 21.8 Å². The molecule has 156 valence electrons. The van der Waals surface area contributed by atoms with Crippen LogP contribution in [0.5, 0.6) is 0 Å². The van der Waals surface area contributed by atoms with Gasteiger partial charge >= 0.3 is 6.09 Å². The zero-order valence-electron chi connectivity index (χ0n) is 17.0. The number of hydrogen-bond donors (Lipinski definition) is 4. The van der Waals surface area contributed by atoms with E-state index in [2.05, 4.69) is 15.6 Å². The van der Waals surface area contributed by atoms with Crippen molar-refractivity contribution in [3.05, 3.63) is 40.7 Å². The summed E-state index contributed by atoms with van der Waals surface area (Å²) in [6.07, 6.45) is 2.74. The summed E-state index contributed by atoms with van der Waals surface area (Å²) in [5.74, 6) is -0.482. The van der Waals surface area contributed by atoms with E-state index in [9.17, 15) is 14.4 Å². The van der Waals surface area contributed by atoms with Gasteiger partial charge in [0.1, 0.15) is 16.8 Å². The van der Waals surface area contributed by atoms with E-state index in [1.54, 1.807) is 39.0 Å². The second kappa shape index (κ2) is 7.87. The minimum atomic E-state index is -1.10. The average Bonchev–Trinajstić information content (AvgIpc) is 3.34. The van der Waals surface area contributed by atoms with Crippen molar-refractivity contribution in [3.63, 3.8) is 0 Å². The second-order valence-electron chi connectivity index (χ2n) is 8.46. The van der Waals surface area contributed by atoms with Crippen LogP contribution in [-0.2, 0) is 9.53 Å². The minimum Gasteiger partial charge on any atom is -0.444 e. The summed E-state index contributed by atoms with van der Waals surface area (Å²) in [5, 5.41) is 5.91. The first-order valence-electron chi connectivity index (χ1n) is 9.79. The largest absolute Gasteiger partial charge is 0.444 e. The van der Waals surface area contributed by atoms with E-state index in [1.165, 1.54) is 6.20 Å². The third-order valence-electron chi connectivity index (χ3n) is 5.03. The number of anilines is 1. The van der Waals surface area contributed by atoms with Gasteiger partial charge in [-0.25, -0.2) is 4.79 Å². The molecule has 29 heavy (non-hydrogen) atoms. The maximum atomic E-state index is 13.1. The number of alkyl carbamates (subject to hydrolysis) is 1. The number of carbonyl (C=O) groups excluding carboxylic acids is 2. The summed E-state index contributed by atoms with van der Waals surface area (Å²) < 4.78 is 5.33. The highest BCUT2D eigenvalue weighted by Crippen LogP contribution is 2.47. The van der Waals surface area contributed by atoms with Crippen molar-refractivity contribution in [2.45, 2.75) is 51.2 Å². The third kappa shape index (κ3) is 4.59. The molecule has 2 unspecified atom stereocenters. The summed E-state index contributed by atoms with van der Waals surface area (Å²) in [4.78, 5) is 41.1. The number of pyridine rings is 1.